The number of hydrogen-bond donors (Lipinski definition) is 0. The number of halogens is 1. The van der Waals surface area contributed by atoms with E-state index in [0.717, 1.165) is 36.1 Å². The predicted molar refractivity (Wildman–Crippen MR) is 189 cm³/mol. The Kier molecular flexibility index (Phi) is 9.92. The number of Topliss-reactive ketones (excluding diaryl/α,β-unsaturated/α-hetero) is 1. The first kappa shape index (κ1) is 36.3. The fourth-order valence-corrected chi connectivity index (χ4v) is 8.22. The van der Waals surface area contributed by atoms with Crippen LogP contribution in [0, 0.1) is 29.0 Å². The summed E-state index contributed by atoms with van der Waals surface area (Å²) in [5.74, 6) is -1.32. The summed E-state index contributed by atoms with van der Waals surface area (Å²) in [6, 6.07) is 12.2. The first-order chi connectivity index (χ1) is 24.0. The van der Waals surface area contributed by atoms with Crippen molar-refractivity contribution >= 4 is 29.6 Å². The maximum Gasteiger partial charge on any atom is 0.411 e. The van der Waals surface area contributed by atoms with Crippen molar-refractivity contribution < 1.29 is 33.0 Å². The smallest absolute Gasteiger partial charge is 0.411 e. The number of rotatable bonds is 7. The molecule has 4 atom stereocenters. The molecule has 3 aliphatic heterocycles. The van der Waals surface area contributed by atoms with E-state index in [1.807, 2.05) is 43.9 Å². The van der Waals surface area contributed by atoms with Crippen LogP contribution in [0.15, 0.2) is 36.4 Å². The molecule has 4 aliphatic rings. The molecule has 0 radical (unpaired) electrons. The van der Waals surface area contributed by atoms with E-state index >= 15 is 4.39 Å². The second kappa shape index (κ2) is 13.9. The molecule has 1 aliphatic carbocycles. The van der Waals surface area contributed by atoms with Crippen LogP contribution in [-0.4, -0.2) is 76.1 Å². The average molecular weight is 701 g/mol. The molecule has 2 bridgehead atoms. The van der Waals surface area contributed by atoms with E-state index < -0.39 is 35.1 Å². The average Bonchev–Trinajstić information content (AvgIpc) is 3.76. The van der Waals surface area contributed by atoms with Crippen molar-refractivity contribution in [2.24, 2.45) is 11.8 Å². The summed E-state index contributed by atoms with van der Waals surface area (Å²) < 4.78 is 26.7. The molecule has 3 fully saturated rings. The molecule has 2 saturated heterocycles. The van der Waals surface area contributed by atoms with Crippen molar-refractivity contribution in [3.05, 3.63) is 53.3 Å². The number of amides is 3. The van der Waals surface area contributed by atoms with E-state index in [-0.39, 0.29) is 55.0 Å². The van der Waals surface area contributed by atoms with Crippen LogP contribution in [-0.2, 0) is 31.9 Å². The van der Waals surface area contributed by atoms with Crippen molar-refractivity contribution in [1.82, 2.24) is 9.80 Å². The van der Waals surface area contributed by atoms with E-state index in [2.05, 4.69) is 6.07 Å². The van der Waals surface area contributed by atoms with Crippen LogP contribution >= 0.6 is 0 Å². The van der Waals surface area contributed by atoms with Crippen molar-refractivity contribution in [2.75, 3.05) is 18.0 Å². The van der Waals surface area contributed by atoms with Gasteiger partial charge in [0.25, 0.3) is 0 Å². The van der Waals surface area contributed by atoms with Crippen LogP contribution in [0.1, 0.15) is 91.2 Å². The number of likely N-dealkylation sites (tertiary alicyclic amines) is 2. The minimum Gasteiger partial charge on any atom is -0.444 e. The highest BCUT2D eigenvalue weighted by Gasteiger charge is 2.52. The monoisotopic (exact) mass is 700 g/mol. The number of piperidine rings is 2. The Bertz CT molecular complexity index is 1750. The van der Waals surface area contributed by atoms with Gasteiger partial charge in [0, 0.05) is 37.3 Å². The first-order valence-electron chi connectivity index (χ1n) is 18.2. The lowest BCUT2D eigenvalue weighted by atomic mass is 9.87. The molecule has 3 amide bonds. The van der Waals surface area contributed by atoms with Gasteiger partial charge in [0.2, 0.25) is 5.91 Å². The molecule has 2 aromatic carbocycles. The number of fused-ring (bicyclic) bond motifs is 3. The maximum absolute atomic E-state index is 15.6. The number of hydrogen-bond acceptors (Lipinski definition) is 7. The number of nitriles is 1. The molecule has 6 rings (SSSR count). The van der Waals surface area contributed by atoms with Gasteiger partial charge in [0.15, 0.2) is 5.78 Å². The minimum atomic E-state index is -0.745. The summed E-state index contributed by atoms with van der Waals surface area (Å²) >= 11 is 0. The lowest BCUT2D eigenvalue weighted by Crippen LogP contribution is -2.51. The van der Waals surface area contributed by atoms with Gasteiger partial charge in [-0.25, -0.2) is 14.0 Å². The number of carbonyl (C=O) groups is 4. The Morgan fingerprint density at radius 3 is 2.20 bits per heavy atom. The molecule has 0 N–H and O–H groups in total. The van der Waals surface area contributed by atoms with Gasteiger partial charge >= 0.3 is 12.2 Å². The van der Waals surface area contributed by atoms with E-state index in [4.69, 9.17) is 9.47 Å². The Morgan fingerprint density at radius 2 is 1.55 bits per heavy atom. The molecule has 0 unspecified atom stereocenters. The summed E-state index contributed by atoms with van der Waals surface area (Å²) in [5.41, 5.74) is 2.23. The topological polar surface area (TPSA) is 120 Å². The number of nitrogens with zero attached hydrogens (tertiary/aromatic N) is 4. The van der Waals surface area contributed by atoms with Crippen molar-refractivity contribution in [3.63, 3.8) is 0 Å². The van der Waals surface area contributed by atoms with Gasteiger partial charge in [0.1, 0.15) is 17.0 Å². The van der Waals surface area contributed by atoms with Crippen LogP contribution < -0.4 is 4.90 Å². The minimum absolute atomic E-state index is 0.0103. The highest BCUT2D eigenvalue weighted by Crippen LogP contribution is 2.44. The van der Waals surface area contributed by atoms with Crippen LogP contribution in [0.2, 0.25) is 0 Å². The Hall–Kier alpha value is -4.46. The van der Waals surface area contributed by atoms with Gasteiger partial charge in [-0.1, -0.05) is 18.2 Å². The SMILES string of the molecule is CC(C)(C)OC(=O)N1CCC(N2C(=O)Cc3cc(-c4ccc(C[C@@H](C#N)CC(=O)[C@@H]5[C@H]6CC[C@H](C6)N5C(=O)OC(C)(C)C)c(F)c4)ccc32)CC1. The van der Waals surface area contributed by atoms with E-state index in [1.54, 1.807) is 42.7 Å². The van der Waals surface area contributed by atoms with Gasteiger partial charge in [-0.2, -0.15) is 5.26 Å². The lowest BCUT2D eigenvalue weighted by Gasteiger charge is -2.37. The first-order valence-corrected chi connectivity index (χ1v) is 18.2. The highest BCUT2D eigenvalue weighted by molar-refractivity contribution is 6.02. The zero-order valence-electron chi connectivity index (χ0n) is 30.5. The molecule has 2 aromatic rings. The van der Waals surface area contributed by atoms with E-state index in [0.29, 0.717) is 37.1 Å². The van der Waals surface area contributed by atoms with Crippen LogP contribution in [0.3, 0.4) is 0 Å². The summed E-state index contributed by atoms with van der Waals surface area (Å²) in [5, 5.41) is 9.98. The van der Waals surface area contributed by atoms with Crippen molar-refractivity contribution in [3.8, 4) is 17.2 Å². The summed E-state index contributed by atoms with van der Waals surface area (Å²) in [6.45, 7) is 11.9. The van der Waals surface area contributed by atoms with Crippen molar-refractivity contribution in [2.45, 2.75) is 122 Å². The predicted octanol–water partition coefficient (Wildman–Crippen LogP) is 7.21. The largest absolute Gasteiger partial charge is 0.444 e. The number of benzene rings is 2. The molecule has 10 nitrogen and oxygen atoms in total. The summed E-state index contributed by atoms with van der Waals surface area (Å²) in [4.78, 5) is 57.5. The van der Waals surface area contributed by atoms with Gasteiger partial charge in [-0.05, 0) is 126 Å². The fraction of sp³-hybridized carbons (Fsp3) is 0.575. The number of ether oxygens (including phenoxy) is 2. The Morgan fingerprint density at radius 1 is 0.902 bits per heavy atom. The normalized spacial score (nSPS) is 22.5. The Labute approximate surface area is 299 Å². The van der Waals surface area contributed by atoms with E-state index in [9.17, 15) is 24.4 Å². The maximum atomic E-state index is 15.6. The second-order valence-corrected chi connectivity index (χ2v) is 16.5. The fourth-order valence-electron chi connectivity index (χ4n) is 8.22. The number of carbonyl (C=O) groups excluding carboxylic acids is 4. The third-order valence-electron chi connectivity index (χ3n) is 10.4. The summed E-state index contributed by atoms with van der Waals surface area (Å²) in [7, 11) is 0. The zero-order chi connectivity index (χ0) is 36.8. The highest BCUT2D eigenvalue weighted by atomic mass is 19.1. The zero-order valence-corrected chi connectivity index (χ0v) is 30.5. The molecule has 0 spiro atoms. The van der Waals surface area contributed by atoms with Gasteiger partial charge in [-0.15, -0.1) is 0 Å². The molecule has 272 valence electrons. The van der Waals surface area contributed by atoms with Gasteiger partial charge in [-0.3, -0.25) is 14.5 Å². The summed E-state index contributed by atoms with van der Waals surface area (Å²) in [6.07, 6.45) is 3.18. The van der Waals surface area contributed by atoms with E-state index in [1.165, 1.54) is 6.07 Å². The number of ketones is 1. The molecular weight excluding hydrogens is 651 g/mol. The molecule has 11 heteroatoms. The van der Waals surface area contributed by atoms with Crippen molar-refractivity contribution in [1.29, 1.82) is 5.26 Å². The number of anilines is 1. The quantitative estimate of drug-likeness (QED) is 0.299. The molecule has 0 aromatic heterocycles. The van der Waals surface area contributed by atoms with Crippen LogP contribution in [0.25, 0.3) is 11.1 Å². The third-order valence-corrected chi connectivity index (χ3v) is 10.4. The second-order valence-electron chi connectivity index (χ2n) is 16.5. The van der Waals surface area contributed by atoms with Gasteiger partial charge in [0.05, 0.1) is 24.4 Å². The third kappa shape index (κ3) is 7.90. The van der Waals surface area contributed by atoms with Crippen LogP contribution in [0.5, 0.6) is 0 Å². The molecule has 1 saturated carbocycles. The Balaban J connectivity index is 1.09. The van der Waals surface area contributed by atoms with Crippen LogP contribution in [0.4, 0.5) is 19.7 Å². The molecule has 3 heterocycles. The standard InChI is InChI=1S/C40H49FN4O6/c1-39(2,3)50-37(48)43-15-13-30(14-16-43)44-33-12-10-25(19-29(33)22-35(44)47)26-7-8-27(32(41)21-26)17-24(23-42)18-34(46)36-28-9-11-31(20-28)45(36)38(49)51-40(4,5)6/h7-8,10,12,19,21,24,28,30-31,36H,9,11,13-18,20,22H2,1-6H3/t24-,28+,31-,36+/m1/s1. The molecular formula is C40H49FN4O6. The lowest BCUT2D eigenvalue weighted by molar-refractivity contribution is -0.126. The van der Waals surface area contributed by atoms with Gasteiger partial charge < -0.3 is 19.3 Å². The molecule has 51 heavy (non-hydrogen) atoms.